The Morgan fingerprint density at radius 2 is 0.906 bits per heavy atom. The normalized spacial score (nSPS) is 12.7. The van der Waals surface area contributed by atoms with E-state index in [1.165, 1.54) is 50.3 Å². The van der Waals surface area contributed by atoms with E-state index in [4.69, 9.17) is 28.9 Å². The van der Waals surface area contributed by atoms with Gasteiger partial charge in [0.05, 0.1) is 31.0 Å². The summed E-state index contributed by atoms with van der Waals surface area (Å²) in [4.78, 5) is 32.4. The maximum absolute atomic E-state index is 11.5. The molecule has 0 heterocycles. The van der Waals surface area contributed by atoms with Crippen molar-refractivity contribution < 1.29 is 28.5 Å². The lowest BCUT2D eigenvalue weighted by Crippen LogP contribution is -2.28. The molecule has 0 saturated carbocycles. The van der Waals surface area contributed by atoms with Gasteiger partial charge in [0.2, 0.25) is 0 Å². The Labute approximate surface area is 308 Å². The molecule has 1 aliphatic rings. The predicted molar refractivity (Wildman–Crippen MR) is 207 cm³/mol. The standard InChI is InChI=1S/C45H36N2O6/c1-29(48)52-41-23-13-31(25-43(41)50-3)27-46-35-19-15-33(16-20-35)45(39-11-7-5-9-37(39)38-10-6-8-12-40(38)45)34-17-21-36(22-18-34)47-28-32-14-24-42(53-30(2)49)44(26-32)51-4/h5-28H,1-4H3. The van der Waals surface area contributed by atoms with E-state index >= 15 is 0 Å². The smallest absolute Gasteiger partial charge is 0.308 e. The highest BCUT2D eigenvalue weighted by Crippen LogP contribution is 2.56. The number of nitrogens with zero attached hydrogens (tertiary/aromatic N) is 2. The van der Waals surface area contributed by atoms with Crippen LogP contribution in [0.5, 0.6) is 23.0 Å². The van der Waals surface area contributed by atoms with Crippen LogP contribution in [0.3, 0.4) is 0 Å². The van der Waals surface area contributed by atoms with Crippen molar-refractivity contribution in [3.05, 3.63) is 167 Å². The number of aliphatic imine (C=N–C) groups is 2. The lowest BCUT2D eigenvalue weighted by Gasteiger charge is -2.34. The largest absolute Gasteiger partial charge is 0.493 e. The number of hydrogen-bond donors (Lipinski definition) is 0. The van der Waals surface area contributed by atoms with Crippen molar-refractivity contribution in [3.63, 3.8) is 0 Å². The molecule has 262 valence electrons. The number of methoxy groups -OCH3 is 2. The Morgan fingerprint density at radius 1 is 0.509 bits per heavy atom. The van der Waals surface area contributed by atoms with Crippen LogP contribution < -0.4 is 18.9 Å². The molecule has 0 spiro atoms. The van der Waals surface area contributed by atoms with Crippen molar-refractivity contribution in [3.8, 4) is 34.1 Å². The van der Waals surface area contributed by atoms with Gasteiger partial charge in [0.15, 0.2) is 23.0 Å². The molecular weight excluding hydrogens is 665 g/mol. The second-order valence-electron chi connectivity index (χ2n) is 12.5. The fourth-order valence-corrected chi connectivity index (χ4v) is 6.92. The van der Waals surface area contributed by atoms with E-state index in [0.29, 0.717) is 23.0 Å². The van der Waals surface area contributed by atoms with E-state index in [0.717, 1.165) is 33.6 Å². The highest BCUT2D eigenvalue weighted by molar-refractivity contribution is 5.88. The molecule has 0 unspecified atom stereocenters. The summed E-state index contributed by atoms with van der Waals surface area (Å²) in [5.74, 6) is 0.788. The highest BCUT2D eigenvalue weighted by atomic mass is 16.6. The second-order valence-corrected chi connectivity index (χ2v) is 12.5. The molecule has 0 N–H and O–H groups in total. The van der Waals surface area contributed by atoms with E-state index in [1.807, 2.05) is 36.4 Å². The zero-order valence-corrected chi connectivity index (χ0v) is 29.7. The molecule has 8 nitrogen and oxygen atoms in total. The molecule has 0 atom stereocenters. The summed E-state index contributed by atoms with van der Waals surface area (Å²) in [6.07, 6.45) is 3.52. The van der Waals surface area contributed by atoms with Crippen LogP contribution in [0.1, 0.15) is 47.2 Å². The average molecular weight is 701 g/mol. The minimum atomic E-state index is -0.586. The van der Waals surface area contributed by atoms with Gasteiger partial charge in [-0.05, 0) is 105 Å². The van der Waals surface area contributed by atoms with Gasteiger partial charge in [-0.25, -0.2) is 0 Å². The third-order valence-electron chi connectivity index (χ3n) is 9.16. The van der Waals surface area contributed by atoms with Gasteiger partial charge in [0.25, 0.3) is 0 Å². The number of esters is 2. The molecule has 0 aliphatic heterocycles. The summed E-state index contributed by atoms with van der Waals surface area (Å²) in [7, 11) is 3.06. The molecule has 1 aliphatic carbocycles. The van der Waals surface area contributed by atoms with E-state index in [1.54, 1.807) is 36.7 Å². The Morgan fingerprint density at radius 3 is 1.28 bits per heavy atom. The monoisotopic (exact) mass is 700 g/mol. The first-order valence-corrected chi connectivity index (χ1v) is 17.0. The molecule has 0 aromatic heterocycles. The van der Waals surface area contributed by atoms with Crippen molar-refractivity contribution in [2.24, 2.45) is 9.98 Å². The Kier molecular flexibility index (Phi) is 9.68. The third-order valence-corrected chi connectivity index (χ3v) is 9.16. The zero-order valence-electron chi connectivity index (χ0n) is 29.7. The van der Waals surface area contributed by atoms with Crippen LogP contribution in [0.4, 0.5) is 11.4 Å². The second kappa shape index (κ2) is 14.8. The van der Waals surface area contributed by atoms with E-state index in [9.17, 15) is 9.59 Å². The number of fused-ring (bicyclic) bond motifs is 3. The molecule has 53 heavy (non-hydrogen) atoms. The Bertz CT molecular complexity index is 2210. The fraction of sp³-hybridized carbons (Fsp3) is 0.111. The molecule has 6 aromatic carbocycles. The number of carbonyl (C=O) groups is 2. The number of carbonyl (C=O) groups excluding carboxylic acids is 2. The Balaban J connectivity index is 1.24. The predicted octanol–water partition coefficient (Wildman–Crippen LogP) is 9.42. The molecule has 0 saturated heterocycles. The van der Waals surface area contributed by atoms with Gasteiger partial charge in [-0.15, -0.1) is 0 Å². The van der Waals surface area contributed by atoms with Crippen LogP contribution in [0.2, 0.25) is 0 Å². The van der Waals surface area contributed by atoms with Crippen molar-refractivity contribution in [1.29, 1.82) is 0 Å². The van der Waals surface area contributed by atoms with Gasteiger partial charge in [-0.3, -0.25) is 19.6 Å². The van der Waals surface area contributed by atoms with Crippen molar-refractivity contribution in [2.75, 3.05) is 14.2 Å². The first-order chi connectivity index (χ1) is 25.8. The van der Waals surface area contributed by atoms with Crippen LogP contribution in [0.25, 0.3) is 11.1 Å². The van der Waals surface area contributed by atoms with Crippen molar-refractivity contribution in [1.82, 2.24) is 0 Å². The number of benzene rings is 6. The Hall–Kier alpha value is -6.80. The van der Waals surface area contributed by atoms with Crippen LogP contribution >= 0.6 is 0 Å². The molecule has 7 rings (SSSR count). The summed E-state index contributed by atoms with van der Waals surface area (Å²) in [5.41, 5.74) is 9.61. The maximum Gasteiger partial charge on any atom is 0.308 e. The van der Waals surface area contributed by atoms with Gasteiger partial charge in [-0.1, -0.05) is 72.8 Å². The number of ether oxygens (including phenoxy) is 4. The van der Waals surface area contributed by atoms with Crippen LogP contribution in [0.15, 0.2) is 143 Å². The topological polar surface area (TPSA) is 95.8 Å². The summed E-state index contributed by atoms with van der Waals surface area (Å²) >= 11 is 0. The van der Waals surface area contributed by atoms with Gasteiger partial charge >= 0.3 is 11.9 Å². The lowest BCUT2D eigenvalue weighted by atomic mass is 9.67. The summed E-state index contributed by atoms with van der Waals surface area (Å²) in [6.45, 7) is 2.71. The molecule has 8 heteroatoms. The maximum atomic E-state index is 11.5. The van der Waals surface area contributed by atoms with Gasteiger partial charge in [-0.2, -0.15) is 0 Å². The van der Waals surface area contributed by atoms with Crippen LogP contribution in [-0.4, -0.2) is 38.6 Å². The van der Waals surface area contributed by atoms with Crippen molar-refractivity contribution in [2.45, 2.75) is 19.3 Å². The summed E-state index contributed by atoms with van der Waals surface area (Å²) in [6, 6.07) is 44.5. The quantitative estimate of drug-likeness (QED) is 0.0802. The molecule has 0 radical (unpaired) electrons. The molecular formula is C45H36N2O6. The summed E-state index contributed by atoms with van der Waals surface area (Å²) in [5, 5.41) is 0. The zero-order chi connectivity index (χ0) is 37.0. The third kappa shape index (κ3) is 6.82. The van der Waals surface area contributed by atoms with Crippen LogP contribution in [0, 0.1) is 0 Å². The van der Waals surface area contributed by atoms with E-state index in [-0.39, 0.29) is 0 Å². The number of hydrogen-bond acceptors (Lipinski definition) is 8. The molecule has 0 fully saturated rings. The van der Waals surface area contributed by atoms with Gasteiger partial charge in [0, 0.05) is 26.3 Å². The van der Waals surface area contributed by atoms with E-state index in [2.05, 4.69) is 72.8 Å². The number of rotatable bonds is 10. The molecule has 6 aromatic rings. The minimum absolute atomic E-state index is 0.358. The first-order valence-electron chi connectivity index (χ1n) is 17.0. The van der Waals surface area contributed by atoms with Crippen molar-refractivity contribution >= 4 is 35.7 Å². The lowest BCUT2D eigenvalue weighted by molar-refractivity contribution is -0.132. The average Bonchev–Trinajstić information content (AvgIpc) is 3.48. The fourth-order valence-electron chi connectivity index (χ4n) is 6.92. The first kappa shape index (κ1) is 34.6. The minimum Gasteiger partial charge on any atom is -0.493 e. The van der Waals surface area contributed by atoms with Crippen LogP contribution in [-0.2, 0) is 15.0 Å². The van der Waals surface area contributed by atoms with Gasteiger partial charge in [0.1, 0.15) is 0 Å². The SMILES string of the molecule is COc1cc(C=Nc2ccc(C3(c4ccc(N=Cc5ccc(OC(C)=O)c(OC)c5)cc4)c4ccccc4-c4ccccc43)cc2)ccc1OC(C)=O. The van der Waals surface area contributed by atoms with E-state index < -0.39 is 17.4 Å². The summed E-state index contributed by atoms with van der Waals surface area (Å²) < 4.78 is 21.3. The molecule has 0 amide bonds. The van der Waals surface area contributed by atoms with Gasteiger partial charge < -0.3 is 18.9 Å². The molecule has 0 bridgehead atoms. The highest BCUT2D eigenvalue weighted by Gasteiger charge is 2.45.